The predicted molar refractivity (Wildman–Crippen MR) is 89.9 cm³/mol. The van der Waals surface area contributed by atoms with Gasteiger partial charge >= 0.3 is 5.97 Å². The van der Waals surface area contributed by atoms with Crippen LogP contribution in [0.2, 0.25) is 0 Å². The van der Waals surface area contributed by atoms with Crippen molar-refractivity contribution in [3.8, 4) is 0 Å². The van der Waals surface area contributed by atoms with Crippen molar-refractivity contribution in [2.75, 3.05) is 12.4 Å². The molecule has 1 unspecified atom stereocenters. The normalized spacial score (nSPS) is 12.5. The molecule has 0 saturated carbocycles. The SMILES string of the molecule is CCOC(=O)C(CCSc1cc(C)ccc1C)NC(C)C. The van der Waals surface area contributed by atoms with Crippen molar-refractivity contribution in [2.45, 2.75) is 58.0 Å². The fourth-order valence-electron chi connectivity index (χ4n) is 2.06. The number of ether oxygens (including phenoxy) is 1. The average molecular weight is 309 g/mol. The highest BCUT2D eigenvalue weighted by molar-refractivity contribution is 7.99. The molecule has 1 rings (SSSR count). The van der Waals surface area contributed by atoms with Crippen LogP contribution in [0.15, 0.2) is 23.1 Å². The van der Waals surface area contributed by atoms with Crippen molar-refractivity contribution in [2.24, 2.45) is 0 Å². The number of nitrogens with one attached hydrogen (secondary N) is 1. The van der Waals surface area contributed by atoms with Gasteiger partial charge in [-0.25, -0.2) is 0 Å². The first-order valence-corrected chi connectivity index (χ1v) is 8.55. The molecule has 21 heavy (non-hydrogen) atoms. The summed E-state index contributed by atoms with van der Waals surface area (Å²) in [7, 11) is 0. The number of esters is 1. The lowest BCUT2D eigenvalue weighted by Gasteiger charge is -2.19. The van der Waals surface area contributed by atoms with Crippen LogP contribution in [0, 0.1) is 13.8 Å². The molecule has 0 aromatic heterocycles. The minimum absolute atomic E-state index is 0.146. The minimum Gasteiger partial charge on any atom is -0.465 e. The second kappa shape index (κ2) is 9.11. The van der Waals surface area contributed by atoms with Crippen LogP contribution in [-0.2, 0) is 9.53 Å². The molecule has 0 saturated heterocycles. The smallest absolute Gasteiger partial charge is 0.323 e. The van der Waals surface area contributed by atoms with E-state index >= 15 is 0 Å². The van der Waals surface area contributed by atoms with E-state index in [-0.39, 0.29) is 18.1 Å². The molecule has 0 bridgehead atoms. The summed E-state index contributed by atoms with van der Waals surface area (Å²) in [5.41, 5.74) is 2.56. The Morgan fingerprint density at radius 1 is 1.33 bits per heavy atom. The van der Waals surface area contributed by atoms with E-state index in [1.165, 1.54) is 16.0 Å². The molecule has 0 aliphatic carbocycles. The van der Waals surface area contributed by atoms with Crippen molar-refractivity contribution >= 4 is 17.7 Å². The van der Waals surface area contributed by atoms with Gasteiger partial charge in [-0.1, -0.05) is 31.5 Å². The molecular weight excluding hydrogens is 282 g/mol. The Kier molecular flexibility index (Phi) is 7.83. The zero-order chi connectivity index (χ0) is 15.8. The van der Waals surface area contributed by atoms with E-state index in [2.05, 4.69) is 37.4 Å². The Labute approximate surface area is 132 Å². The Morgan fingerprint density at radius 2 is 2.05 bits per heavy atom. The molecule has 118 valence electrons. The van der Waals surface area contributed by atoms with E-state index in [0.29, 0.717) is 6.61 Å². The molecule has 0 spiro atoms. The van der Waals surface area contributed by atoms with E-state index in [1.807, 2.05) is 20.8 Å². The van der Waals surface area contributed by atoms with E-state index < -0.39 is 0 Å². The number of hydrogen-bond donors (Lipinski definition) is 1. The van der Waals surface area contributed by atoms with E-state index in [1.54, 1.807) is 11.8 Å². The highest BCUT2D eigenvalue weighted by Gasteiger charge is 2.20. The van der Waals surface area contributed by atoms with Gasteiger partial charge in [0.05, 0.1) is 6.61 Å². The molecule has 4 heteroatoms. The molecule has 3 nitrogen and oxygen atoms in total. The van der Waals surface area contributed by atoms with Crippen LogP contribution in [0.1, 0.15) is 38.3 Å². The first-order valence-electron chi connectivity index (χ1n) is 7.56. The number of carbonyl (C=O) groups is 1. The first-order chi connectivity index (χ1) is 9.93. The van der Waals surface area contributed by atoms with E-state index in [0.717, 1.165) is 12.2 Å². The van der Waals surface area contributed by atoms with E-state index in [4.69, 9.17) is 4.74 Å². The quantitative estimate of drug-likeness (QED) is 0.587. The summed E-state index contributed by atoms with van der Waals surface area (Å²) < 4.78 is 5.14. The van der Waals surface area contributed by atoms with Crippen LogP contribution in [0.3, 0.4) is 0 Å². The number of hydrogen-bond acceptors (Lipinski definition) is 4. The molecule has 1 atom stereocenters. The topological polar surface area (TPSA) is 38.3 Å². The van der Waals surface area contributed by atoms with Crippen LogP contribution >= 0.6 is 11.8 Å². The van der Waals surface area contributed by atoms with Gasteiger partial charge in [-0.2, -0.15) is 0 Å². The van der Waals surface area contributed by atoms with Crippen molar-refractivity contribution in [1.29, 1.82) is 0 Å². The molecule has 0 fully saturated rings. The number of benzene rings is 1. The third-order valence-electron chi connectivity index (χ3n) is 3.11. The zero-order valence-corrected chi connectivity index (χ0v) is 14.5. The highest BCUT2D eigenvalue weighted by atomic mass is 32.2. The lowest BCUT2D eigenvalue weighted by atomic mass is 10.2. The average Bonchev–Trinajstić information content (AvgIpc) is 2.41. The van der Waals surface area contributed by atoms with Gasteiger partial charge < -0.3 is 10.1 Å². The van der Waals surface area contributed by atoms with Gasteiger partial charge in [-0.05, 0) is 38.8 Å². The summed E-state index contributed by atoms with van der Waals surface area (Å²) in [6.07, 6.45) is 0.773. The Morgan fingerprint density at radius 3 is 2.67 bits per heavy atom. The second-order valence-electron chi connectivity index (χ2n) is 5.53. The summed E-state index contributed by atoms with van der Waals surface area (Å²) in [4.78, 5) is 13.2. The van der Waals surface area contributed by atoms with Crippen molar-refractivity contribution in [1.82, 2.24) is 5.32 Å². The molecule has 0 heterocycles. The van der Waals surface area contributed by atoms with Gasteiger partial charge in [-0.3, -0.25) is 4.79 Å². The molecule has 1 N–H and O–H groups in total. The molecule has 0 aliphatic heterocycles. The largest absolute Gasteiger partial charge is 0.465 e. The molecular formula is C17H27NO2S. The van der Waals surface area contributed by atoms with Gasteiger partial charge in [0, 0.05) is 16.7 Å². The number of carbonyl (C=O) groups excluding carboxylic acids is 1. The van der Waals surface area contributed by atoms with Gasteiger partial charge in [0.25, 0.3) is 0 Å². The Balaban J connectivity index is 2.56. The standard InChI is InChI=1S/C17H27NO2S/c1-6-20-17(19)15(18-12(2)3)9-10-21-16-11-13(4)7-8-14(16)5/h7-8,11-12,15,18H,6,9-10H2,1-5H3. The fourth-order valence-corrected chi connectivity index (χ4v) is 3.20. The molecule has 0 amide bonds. The molecule has 1 aromatic rings. The van der Waals surface area contributed by atoms with Gasteiger partial charge in [-0.15, -0.1) is 11.8 Å². The number of aryl methyl sites for hydroxylation is 2. The summed E-state index contributed by atoms with van der Waals surface area (Å²) in [5.74, 6) is 0.751. The monoisotopic (exact) mass is 309 g/mol. The summed E-state index contributed by atoms with van der Waals surface area (Å²) in [6, 6.07) is 6.52. The lowest BCUT2D eigenvalue weighted by molar-refractivity contribution is -0.145. The van der Waals surface area contributed by atoms with Crippen LogP contribution in [0.4, 0.5) is 0 Å². The van der Waals surface area contributed by atoms with Crippen LogP contribution < -0.4 is 5.32 Å². The van der Waals surface area contributed by atoms with Gasteiger partial charge in [0.1, 0.15) is 6.04 Å². The fraction of sp³-hybridized carbons (Fsp3) is 0.588. The van der Waals surface area contributed by atoms with Crippen LogP contribution in [-0.4, -0.2) is 30.4 Å². The highest BCUT2D eigenvalue weighted by Crippen LogP contribution is 2.24. The molecule has 0 aliphatic rings. The summed E-state index contributed by atoms with van der Waals surface area (Å²) in [5, 5.41) is 3.29. The lowest BCUT2D eigenvalue weighted by Crippen LogP contribution is -2.42. The zero-order valence-electron chi connectivity index (χ0n) is 13.7. The third-order valence-corrected chi connectivity index (χ3v) is 4.30. The molecule has 1 aromatic carbocycles. The maximum absolute atomic E-state index is 11.9. The molecule has 0 radical (unpaired) electrons. The minimum atomic E-state index is -0.220. The van der Waals surface area contributed by atoms with E-state index in [9.17, 15) is 4.79 Å². The summed E-state index contributed by atoms with van der Waals surface area (Å²) >= 11 is 1.80. The summed E-state index contributed by atoms with van der Waals surface area (Å²) in [6.45, 7) is 10.6. The third kappa shape index (κ3) is 6.53. The van der Waals surface area contributed by atoms with Crippen LogP contribution in [0.25, 0.3) is 0 Å². The Bertz CT molecular complexity index is 460. The van der Waals surface area contributed by atoms with Crippen molar-refractivity contribution in [3.05, 3.63) is 29.3 Å². The maximum atomic E-state index is 11.9. The first kappa shape index (κ1) is 18.1. The van der Waals surface area contributed by atoms with Crippen molar-refractivity contribution in [3.63, 3.8) is 0 Å². The number of rotatable bonds is 8. The second-order valence-corrected chi connectivity index (χ2v) is 6.67. The van der Waals surface area contributed by atoms with Crippen LogP contribution in [0.5, 0.6) is 0 Å². The van der Waals surface area contributed by atoms with Crippen molar-refractivity contribution < 1.29 is 9.53 Å². The Hall–Kier alpha value is -1.00. The predicted octanol–water partition coefficient (Wildman–Crippen LogP) is 3.72. The maximum Gasteiger partial charge on any atom is 0.323 e. The number of thioether (sulfide) groups is 1. The van der Waals surface area contributed by atoms with Gasteiger partial charge in [0.15, 0.2) is 0 Å². The van der Waals surface area contributed by atoms with Gasteiger partial charge in [0.2, 0.25) is 0 Å².